The molecule has 1 heterocycles. The number of unbranched alkanes of at least 4 members (excludes halogenated alkanes) is 1. The van der Waals surface area contributed by atoms with Gasteiger partial charge in [-0.1, -0.05) is 18.2 Å². The number of hydrogen-bond donors (Lipinski definition) is 5. The normalized spacial score (nSPS) is 15.7. The van der Waals surface area contributed by atoms with Crippen molar-refractivity contribution in [2.75, 3.05) is 35.5 Å². The van der Waals surface area contributed by atoms with Crippen molar-refractivity contribution in [2.45, 2.75) is 50.7 Å². The minimum absolute atomic E-state index is 0.0450. The molecule has 1 aliphatic heterocycles. The number of anilines is 2. The van der Waals surface area contributed by atoms with Crippen LogP contribution in [-0.2, 0) is 21.2 Å². The zero-order valence-electron chi connectivity index (χ0n) is 20.0. The zero-order valence-corrected chi connectivity index (χ0v) is 20.8. The van der Waals surface area contributed by atoms with Gasteiger partial charge >= 0.3 is 5.97 Å². The number of phenols is 1. The number of carbonyl (C=O) groups is 1. The number of aliphatic hydroxyl groups excluding tert-OH is 1. The molecule has 0 amide bonds. The molecule has 0 saturated carbocycles. The summed E-state index contributed by atoms with van der Waals surface area (Å²) < 4.78 is 25.2. The lowest BCUT2D eigenvalue weighted by Gasteiger charge is -2.34. The first-order valence-electron chi connectivity index (χ1n) is 11.9. The first-order valence-corrected chi connectivity index (χ1v) is 13.8. The SMILES string of the molecule is CS(=O)(=O)Nc1cc([C@@H](O)CNC2CCN(c3ccc(CCCCC(=O)O)cc3)CC2)ccc1O. The van der Waals surface area contributed by atoms with Gasteiger partial charge in [0.15, 0.2) is 0 Å². The van der Waals surface area contributed by atoms with E-state index in [4.69, 9.17) is 5.11 Å². The van der Waals surface area contributed by atoms with Crippen molar-refractivity contribution in [3.63, 3.8) is 0 Å². The predicted octanol–water partition coefficient (Wildman–Crippen LogP) is 2.85. The number of carboxylic acids is 1. The summed E-state index contributed by atoms with van der Waals surface area (Å²) in [6.45, 7) is 2.12. The molecule has 9 nitrogen and oxygen atoms in total. The molecule has 35 heavy (non-hydrogen) atoms. The second-order valence-corrected chi connectivity index (χ2v) is 10.9. The van der Waals surface area contributed by atoms with Gasteiger partial charge in [0.05, 0.1) is 18.0 Å². The fraction of sp³-hybridized carbons (Fsp3) is 0.480. The van der Waals surface area contributed by atoms with E-state index < -0.39 is 22.1 Å². The number of aliphatic carboxylic acids is 1. The largest absolute Gasteiger partial charge is 0.506 e. The summed E-state index contributed by atoms with van der Waals surface area (Å²) in [7, 11) is -3.54. The fourth-order valence-corrected chi connectivity index (χ4v) is 4.82. The maximum absolute atomic E-state index is 11.5. The Morgan fingerprint density at radius 2 is 1.80 bits per heavy atom. The van der Waals surface area contributed by atoms with E-state index in [0.717, 1.165) is 45.0 Å². The van der Waals surface area contributed by atoms with Gasteiger partial charge in [-0.05, 0) is 67.5 Å². The number of nitrogens with zero attached hydrogens (tertiary/aromatic N) is 1. The van der Waals surface area contributed by atoms with Crippen LogP contribution in [0, 0.1) is 0 Å². The lowest BCUT2D eigenvalue weighted by Crippen LogP contribution is -2.43. The third-order valence-corrected chi connectivity index (χ3v) is 6.79. The molecule has 0 bridgehead atoms. The lowest BCUT2D eigenvalue weighted by molar-refractivity contribution is -0.137. The molecule has 2 aromatic rings. The van der Waals surface area contributed by atoms with Gasteiger partial charge in [-0.15, -0.1) is 0 Å². The number of aliphatic hydroxyl groups is 1. The molecular formula is C25H35N3O6S. The summed E-state index contributed by atoms with van der Waals surface area (Å²) in [5.41, 5.74) is 2.95. The highest BCUT2D eigenvalue weighted by Crippen LogP contribution is 2.28. The van der Waals surface area contributed by atoms with Crippen LogP contribution in [0.15, 0.2) is 42.5 Å². The maximum Gasteiger partial charge on any atom is 0.303 e. The number of sulfonamides is 1. The minimum atomic E-state index is -3.54. The third kappa shape index (κ3) is 8.72. The summed E-state index contributed by atoms with van der Waals surface area (Å²) in [4.78, 5) is 12.9. The highest BCUT2D eigenvalue weighted by atomic mass is 32.2. The highest BCUT2D eigenvalue weighted by Gasteiger charge is 2.21. The van der Waals surface area contributed by atoms with Gasteiger partial charge in [-0.2, -0.15) is 0 Å². The quantitative estimate of drug-likeness (QED) is 0.219. The van der Waals surface area contributed by atoms with Crippen molar-refractivity contribution in [1.82, 2.24) is 5.32 Å². The van der Waals surface area contributed by atoms with Crippen LogP contribution in [0.3, 0.4) is 0 Å². The number of aryl methyl sites for hydroxylation is 1. The topological polar surface area (TPSA) is 139 Å². The van der Waals surface area contributed by atoms with E-state index in [1.54, 1.807) is 6.07 Å². The van der Waals surface area contributed by atoms with Crippen molar-refractivity contribution in [1.29, 1.82) is 0 Å². The predicted molar refractivity (Wildman–Crippen MR) is 136 cm³/mol. The molecule has 0 spiro atoms. The Morgan fingerprint density at radius 3 is 2.43 bits per heavy atom. The number of hydrogen-bond acceptors (Lipinski definition) is 7. The van der Waals surface area contributed by atoms with Crippen molar-refractivity contribution < 1.29 is 28.5 Å². The van der Waals surface area contributed by atoms with Gasteiger partial charge in [-0.25, -0.2) is 8.42 Å². The molecule has 0 unspecified atom stereocenters. The fourth-order valence-electron chi connectivity index (χ4n) is 4.26. The van der Waals surface area contributed by atoms with E-state index in [9.17, 15) is 23.4 Å². The van der Waals surface area contributed by atoms with Crippen molar-refractivity contribution in [2.24, 2.45) is 0 Å². The van der Waals surface area contributed by atoms with Gasteiger partial charge in [0.1, 0.15) is 5.75 Å². The Bertz CT molecular complexity index is 1080. The Kier molecular flexibility index (Phi) is 9.36. The number of carboxylic acid groups (broad SMARTS) is 1. The van der Waals surface area contributed by atoms with Crippen LogP contribution >= 0.6 is 0 Å². The summed E-state index contributed by atoms with van der Waals surface area (Å²) in [5, 5.41) is 32.6. The molecule has 0 aliphatic carbocycles. The second-order valence-electron chi connectivity index (χ2n) is 9.10. The smallest absolute Gasteiger partial charge is 0.303 e. The number of piperidine rings is 1. The number of nitrogens with one attached hydrogen (secondary N) is 2. The number of benzene rings is 2. The summed E-state index contributed by atoms with van der Waals surface area (Å²) in [6, 6.07) is 13.1. The van der Waals surface area contributed by atoms with E-state index in [1.165, 1.54) is 23.4 Å². The van der Waals surface area contributed by atoms with E-state index in [0.29, 0.717) is 18.5 Å². The van der Waals surface area contributed by atoms with Gasteiger partial charge in [0.2, 0.25) is 10.0 Å². The number of rotatable bonds is 12. The van der Waals surface area contributed by atoms with Crippen molar-refractivity contribution in [3.8, 4) is 5.75 Å². The van der Waals surface area contributed by atoms with Gasteiger partial charge in [-0.3, -0.25) is 9.52 Å². The van der Waals surface area contributed by atoms with E-state index in [2.05, 4.69) is 39.2 Å². The number of phenolic OH excluding ortho intramolecular Hbond substituents is 1. The first-order chi connectivity index (χ1) is 16.6. The molecule has 10 heteroatoms. The van der Waals surface area contributed by atoms with E-state index in [1.807, 2.05) is 0 Å². The number of aromatic hydroxyl groups is 1. The molecule has 1 saturated heterocycles. The monoisotopic (exact) mass is 505 g/mol. The van der Waals surface area contributed by atoms with Gasteiger partial charge in [0, 0.05) is 37.8 Å². The molecule has 1 fully saturated rings. The maximum atomic E-state index is 11.5. The van der Waals surface area contributed by atoms with Gasteiger partial charge in [0.25, 0.3) is 0 Å². The van der Waals surface area contributed by atoms with Crippen LogP contribution in [0.2, 0.25) is 0 Å². The second kappa shape index (κ2) is 12.2. The van der Waals surface area contributed by atoms with Crippen molar-refractivity contribution in [3.05, 3.63) is 53.6 Å². The van der Waals surface area contributed by atoms with E-state index >= 15 is 0 Å². The summed E-state index contributed by atoms with van der Waals surface area (Å²) in [6.07, 6.45) is 4.69. The molecule has 1 aliphatic rings. The standard InChI is InChI=1S/C25H35N3O6S/c1-35(33,34)27-22-16-19(8-11-23(22)29)24(30)17-26-20-12-14-28(15-13-20)21-9-6-18(7-10-21)4-2-3-5-25(31)32/h6-11,16,20,24,26-27,29-30H,2-5,12-15,17H2,1H3,(H,31,32)/t24-/m0/s1. The Balaban J connectivity index is 1.43. The third-order valence-electron chi connectivity index (χ3n) is 6.20. The van der Waals surface area contributed by atoms with Crippen LogP contribution in [0.4, 0.5) is 11.4 Å². The Labute approximate surface area is 206 Å². The average molecular weight is 506 g/mol. The van der Waals surface area contributed by atoms with Crippen LogP contribution in [0.1, 0.15) is 49.3 Å². The molecule has 2 aromatic carbocycles. The lowest BCUT2D eigenvalue weighted by atomic mass is 10.0. The van der Waals surface area contributed by atoms with E-state index in [-0.39, 0.29) is 23.9 Å². The summed E-state index contributed by atoms with van der Waals surface area (Å²) >= 11 is 0. The minimum Gasteiger partial charge on any atom is -0.506 e. The molecule has 0 radical (unpaired) electrons. The van der Waals surface area contributed by atoms with Crippen LogP contribution in [0.5, 0.6) is 5.75 Å². The molecule has 3 rings (SSSR count). The zero-order chi connectivity index (χ0) is 25.4. The molecular weight excluding hydrogens is 470 g/mol. The molecule has 0 aromatic heterocycles. The molecule has 192 valence electrons. The van der Waals surface area contributed by atoms with Gasteiger partial charge < -0.3 is 25.5 Å². The summed E-state index contributed by atoms with van der Waals surface area (Å²) in [5.74, 6) is -0.943. The van der Waals surface area contributed by atoms with Crippen LogP contribution in [-0.4, -0.2) is 61.6 Å². The highest BCUT2D eigenvalue weighted by molar-refractivity contribution is 7.92. The Morgan fingerprint density at radius 1 is 1.11 bits per heavy atom. The van der Waals surface area contributed by atoms with Crippen LogP contribution < -0.4 is 14.9 Å². The first kappa shape index (κ1) is 26.8. The molecule has 5 N–H and O–H groups in total. The van der Waals surface area contributed by atoms with Crippen molar-refractivity contribution >= 4 is 27.4 Å². The average Bonchev–Trinajstić information content (AvgIpc) is 2.81. The Hall–Kier alpha value is -2.82. The van der Waals surface area contributed by atoms with Crippen LogP contribution in [0.25, 0.3) is 0 Å². The molecule has 1 atom stereocenters.